The van der Waals surface area contributed by atoms with Crippen LogP contribution in [0, 0.1) is 0 Å². The van der Waals surface area contributed by atoms with Gasteiger partial charge in [0.25, 0.3) is 5.79 Å². The number of ether oxygens (including phenoxy) is 3. The molecule has 17 heavy (non-hydrogen) atoms. The summed E-state index contributed by atoms with van der Waals surface area (Å²) in [6, 6.07) is 6.91. The lowest BCUT2D eigenvalue weighted by Crippen LogP contribution is -2.32. The molecule has 1 aromatic carbocycles. The number of hydrogen-bond acceptors (Lipinski definition) is 5. The first-order valence-electron chi connectivity index (χ1n) is 5.22. The van der Waals surface area contributed by atoms with Crippen molar-refractivity contribution >= 4 is 6.29 Å². The Morgan fingerprint density at radius 1 is 1.24 bits per heavy atom. The number of nitrogens with two attached hydrogens (primary N) is 1. The average molecular weight is 239 g/mol. The van der Waals surface area contributed by atoms with Gasteiger partial charge in [-0.15, -0.1) is 0 Å². The SMILES string of the molecule is COC(C=O)(OC)c1ccc(OCCN)cc1. The highest BCUT2D eigenvalue weighted by molar-refractivity contribution is 5.64. The van der Waals surface area contributed by atoms with Crippen LogP contribution >= 0.6 is 0 Å². The Balaban J connectivity index is 2.88. The van der Waals surface area contributed by atoms with Crippen molar-refractivity contribution in [1.82, 2.24) is 0 Å². The lowest BCUT2D eigenvalue weighted by molar-refractivity contribution is -0.201. The van der Waals surface area contributed by atoms with Gasteiger partial charge in [-0.3, -0.25) is 4.79 Å². The second kappa shape index (κ2) is 6.34. The Morgan fingerprint density at radius 2 is 1.82 bits per heavy atom. The zero-order valence-electron chi connectivity index (χ0n) is 10.0. The van der Waals surface area contributed by atoms with Crippen LogP contribution in [-0.4, -0.2) is 33.7 Å². The molecule has 94 valence electrons. The lowest BCUT2D eigenvalue weighted by Gasteiger charge is -2.25. The van der Waals surface area contributed by atoms with Gasteiger partial charge >= 0.3 is 0 Å². The summed E-state index contributed by atoms with van der Waals surface area (Å²) >= 11 is 0. The predicted molar refractivity (Wildman–Crippen MR) is 62.8 cm³/mol. The van der Waals surface area contributed by atoms with Gasteiger partial charge in [0, 0.05) is 26.3 Å². The van der Waals surface area contributed by atoms with Crippen LogP contribution < -0.4 is 10.5 Å². The summed E-state index contributed by atoms with van der Waals surface area (Å²) in [7, 11) is 2.83. The predicted octanol–water partition coefficient (Wildman–Crippen LogP) is 0.669. The van der Waals surface area contributed by atoms with E-state index in [4.69, 9.17) is 19.9 Å². The number of carbonyl (C=O) groups is 1. The van der Waals surface area contributed by atoms with E-state index in [0.29, 0.717) is 30.8 Å². The number of benzene rings is 1. The van der Waals surface area contributed by atoms with Crippen LogP contribution in [0.3, 0.4) is 0 Å². The Bertz CT molecular complexity index is 346. The molecule has 2 N–H and O–H groups in total. The van der Waals surface area contributed by atoms with Gasteiger partial charge in [-0.2, -0.15) is 0 Å². The first-order valence-corrected chi connectivity index (χ1v) is 5.22. The second-order valence-corrected chi connectivity index (χ2v) is 3.36. The maximum atomic E-state index is 11.0. The summed E-state index contributed by atoms with van der Waals surface area (Å²) in [5, 5.41) is 0. The topological polar surface area (TPSA) is 70.8 Å². The van der Waals surface area contributed by atoms with Crippen LogP contribution in [0.2, 0.25) is 0 Å². The molecule has 0 radical (unpaired) electrons. The molecule has 1 aromatic rings. The van der Waals surface area contributed by atoms with Crippen molar-refractivity contribution in [3.63, 3.8) is 0 Å². The Labute approximate surface area is 100 Å². The van der Waals surface area contributed by atoms with Gasteiger partial charge in [-0.1, -0.05) is 0 Å². The van der Waals surface area contributed by atoms with Crippen LogP contribution in [0.1, 0.15) is 5.56 Å². The zero-order chi connectivity index (χ0) is 12.7. The largest absolute Gasteiger partial charge is 0.492 e. The fourth-order valence-corrected chi connectivity index (χ4v) is 1.44. The van der Waals surface area contributed by atoms with Gasteiger partial charge in [0.05, 0.1) is 0 Å². The van der Waals surface area contributed by atoms with E-state index in [1.165, 1.54) is 14.2 Å². The highest BCUT2D eigenvalue weighted by atomic mass is 16.7. The minimum Gasteiger partial charge on any atom is -0.492 e. The maximum Gasteiger partial charge on any atom is 0.252 e. The normalized spacial score (nSPS) is 11.2. The van der Waals surface area contributed by atoms with Crippen LogP contribution in [0.5, 0.6) is 5.75 Å². The lowest BCUT2D eigenvalue weighted by atomic mass is 10.1. The van der Waals surface area contributed by atoms with Gasteiger partial charge in [0.2, 0.25) is 0 Å². The van der Waals surface area contributed by atoms with E-state index in [9.17, 15) is 4.79 Å². The number of aldehydes is 1. The number of carbonyl (C=O) groups excluding carboxylic acids is 1. The molecule has 0 fully saturated rings. The van der Waals surface area contributed by atoms with Crippen LogP contribution in [-0.2, 0) is 20.1 Å². The molecule has 0 saturated carbocycles. The molecule has 0 aliphatic carbocycles. The van der Waals surface area contributed by atoms with Gasteiger partial charge in [-0.25, -0.2) is 0 Å². The van der Waals surface area contributed by atoms with E-state index in [1.807, 2.05) is 0 Å². The summed E-state index contributed by atoms with van der Waals surface area (Å²) in [6.45, 7) is 0.906. The van der Waals surface area contributed by atoms with E-state index in [0.717, 1.165) is 0 Å². The molecular formula is C12H17NO4. The van der Waals surface area contributed by atoms with E-state index >= 15 is 0 Å². The summed E-state index contributed by atoms with van der Waals surface area (Å²) in [6.07, 6.45) is 0.614. The fraction of sp³-hybridized carbons (Fsp3) is 0.417. The van der Waals surface area contributed by atoms with Crippen molar-refractivity contribution in [2.75, 3.05) is 27.4 Å². The average Bonchev–Trinajstić information content (AvgIpc) is 2.40. The molecule has 0 amide bonds. The van der Waals surface area contributed by atoms with E-state index in [2.05, 4.69) is 0 Å². The quantitative estimate of drug-likeness (QED) is 0.559. The molecule has 0 aromatic heterocycles. The van der Waals surface area contributed by atoms with Crippen molar-refractivity contribution in [3.8, 4) is 5.75 Å². The Hall–Kier alpha value is -1.43. The molecule has 0 unspecified atom stereocenters. The highest BCUT2D eigenvalue weighted by Crippen LogP contribution is 2.25. The smallest absolute Gasteiger partial charge is 0.252 e. The molecule has 0 atom stereocenters. The molecule has 0 aliphatic heterocycles. The van der Waals surface area contributed by atoms with Crippen molar-refractivity contribution in [1.29, 1.82) is 0 Å². The minimum absolute atomic E-state index is 0.451. The molecule has 5 heteroatoms. The summed E-state index contributed by atoms with van der Waals surface area (Å²) in [5.74, 6) is -0.668. The van der Waals surface area contributed by atoms with Crippen LogP contribution in [0.4, 0.5) is 0 Å². The van der Waals surface area contributed by atoms with Gasteiger partial charge in [0.15, 0.2) is 6.29 Å². The monoisotopic (exact) mass is 239 g/mol. The fourth-order valence-electron chi connectivity index (χ4n) is 1.44. The first kappa shape index (κ1) is 13.6. The standard InChI is InChI=1S/C12H17NO4/c1-15-12(9-14,16-2)10-3-5-11(6-4-10)17-8-7-13/h3-6,9H,7-8,13H2,1-2H3. The molecule has 0 aliphatic rings. The molecular weight excluding hydrogens is 222 g/mol. The third-order valence-corrected chi connectivity index (χ3v) is 2.40. The van der Waals surface area contributed by atoms with Crippen molar-refractivity contribution in [3.05, 3.63) is 29.8 Å². The maximum absolute atomic E-state index is 11.0. The van der Waals surface area contributed by atoms with Crippen LogP contribution in [0.15, 0.2) is 24.3 Å². The Morgan fingerprint density at radius 3 is 2.24 bits per heavy atom. The molecule has 5 nitrogen and oxygen atoms in total. The third kappa shape index (κ3) is 3.03. The molecule has 1 rings (SSSR count). The van der Waals surface area contributed by atoms with E-state index in [1.54, 1.807) is 24.3 Å². The minimum atomic E-state index is -1.35. The van der Waals surface area contributed by atoms with E-state index in [-0.39, 0.29) is 0 Å². The molecule has 0 heterocycles. The number of methoxy groups -OCH3 is 2. The van der Waals surface area contributed by atoms with Crippen molar-refractivity contribution < 1.29 is 19.0 Å². The second-order valence-electron chi connectivity index (χ2n) is 3.36. The van der Waals surface area contributed by atoms with Gasteiger partial charge < -0.3 is 19.9 Å². The van der Waals surface area contributed by atoms with Gasteiger partial charge in [-0.05, 0) is 24.3 Å². The van der Waals surface area contributed by atoms with Crippen LogP contribution in [0.25, 0.3) is 0 Å². The number of rotatable bonds is 7. The van der Waals surface area contributed by atoms with Crippen molar-refractivity contribution in [2.45, 2.75) is 5.79 Å². The Kier molecular flexibility index (Phi) is 5.09. The summed E-state index contributed by atoms with van der Waals surface area (Å²) in [5.41, 5.74) is 5.94. The highest BCUT2D eigenvalue weighted by Gasteiger charge is 2.31. The zero-order valence-corrected chi connectivity index (χ0v) is 10.0. The van der Waals surface area contributed by atoms with E-state index < -0.39 is 5.79 Å². The summed E-state index contributed by atoms with van der Waals surface area (Å²) < 4.78 is 15.5. The number of hydrogen-bond donors (Lipinski definition) is 1. The molecule has 0 spiro atoms. The van der Waals surface area contributed by atoms with Crippen molar-refractivity contribution in [2.24, 2.45) is 5.73 Å². The first-order chi connectivity index (χ1) is 8.22. The third-order valence-electron chi connectivity index (χ3n) is 2.40. The molecule has 0 saturated heterocycles. The van der Waals surface area contributed by atoms with Gasteiger partial charge in [0.1, 0.15) is 12.4 Å². The summed E-state index contributed by atoms with van der Waals surface area (Å²) in [4.78, 5) is 11.0. The molecule has 0 bridgehead atoms.